The van der Waals surface area contributed by atoms with Crippen molar-refractivity contribution in [2.75, 3.05) is 10.6 Å². The Morgan fingerprint density at radius 2 is 1.57 bits per heavy atom. The second kappa shape index (κ2) is 15.8. The molecule has 1 aromatic heterocycles. The SMILES string of the molecule is CC(Sc1ccc(NC(=O)/C(=C/c2cccc(Cl)c2Cl)NC(=O)c2ccccc2)cc1)C(=O)Nc1nc(-c2ccc(Cl)c(Cl)c2)cs1. The lowest BCUT2D eigenvalue weighted by Crippen LogP contribution is -2.30. The number of hydrogen-bond donors (Lipinski definition) is 3. The molecule has 0 spiro atoms. The molecule has 3 amide bonds. The van der Waals surface area contributed by atoms with E-state index < -0.39 is 17.1 Å². The molecule has 0 bridgehead atoms. The number of anilines is 2. The highest BCUT2D eigenvalue weighted by Gasteiger charge is 2.19. The predicted octanol–water partition coefficient (Wildman–Crippen LogP) is 9.95. The molecule has 0 fully saturated rings. The molecule has 0 aliphatic rings. The lowest BCUT2D eigenvalue weighted by molar-refractivity contribution is -0.115. The number of aromatic nitrogens is 1. The molecule has 0 saturated carbocycles. The number of hydrogen-bond acceptors (Lipinski definition) is 6. The van der Waals surface area contributed by atoms with E-state index in [-0.39, 0.29) is 16.6 Å². The van der Waals surface area contributed by atoms with Crippen LogP contribution in [-0.4, -0.2) is 28.0 Å². The Morgan fingerprint density at radius 1 is 0.830 bits per heavy atom. The van der Waals surface area contributed by atoms with Gasteiger partial charge in [-0.15, -0.1) is 23.1 Å². The first-order valence-electron chi connectivity index (χ1n) is 13.9. The van der Waals surface area contributed by atoms with Gasteiger partial charge in [-0.2, -0.15) is 0 Å². The van der Waals surface area contributed by atoms with Crippen LogP contribution in [0.25, 0.3) is 17.3 Å². The first-order chi connectivity index (χ1) is 22.6. The molecular formula is C34H24Cl4N4O3S2. The molecule has 1 atom stereocenters. The normalized spacial score (nSPS) is 11.9. The average Bonchev–Trinajstić information content (AvgIpc) is 3.53. The Labute approximate surface area is 299 Å². The minimum Gasteiger partial charge on any atom is -0.321 e. The highest BCUT2D eigenvalue weighted by Crippen LogP contribution is 2.32. The van der Waals surface area contributed by atoms with Crippen LogP contribution >= 0.6 is 69.5 Å². The summed E-state index contributed by atoms with van der Waals surface area (Å²) in [7, 11) is 0. The third-order valence-electron chi connectivity index (χ3n) is 6.55. The van der Waals surface area contributed by atoms with Gasteiger partial charge in [0.25, 0.3) is 11.8 Å². The van der Waals surface area contributed by atoms with E-state index in [2.05, 4.69) is 20.9 Å². The highest BCUT2D eigenvalue weighted by molar-refractivity contribution is 8.00. The number of carbonyl (C=O) groups is 3. The third-order valence-corrected chi connectivity index (χ3v) is 10.00. The van der Waals surface area contributed by atoms with Gasteiger partial charge in [-0.3, -0.25) is 14.4 Å². The number of rotatable bonds is 10. The Balaban J connectivity index is 1.23. The average molecular weight is 743 g/mol. The third kappa shape index (κ3) is 9.16. The summed E-state index contributed by atoms with van der Waals surface area (Å²) in [4.78, 5) is 44.5. The molecule has 0 aliphatic heterocycles. The molecule has 0 saturated heterocycles. The van der Waals surface area contributed by atoms with Crippen molar-refractivity contribution in [3.63, 3.8) is 0 Å². The van der Waals surface area contributed by atoms with Crippen LogP contribution in [0.4, 0.5) is 10.8 Å². The van der Waals surface area contributed by atoms with E-state index in [1.165, 1.54) is 29.2 Å². The quantitative estimate of drug-likeness (QED) is 0.0978. The van der Waals surface area contributed by atoms with Gasteiger partial charge in [0.05, 0.1) is 31.0 Å². The second-order valence-corrected chi connectivity index (χ2v) is 13.8. The minimum atomic E-state index is -0.567. The molecule has 4 aromatic carbocycles. The number of nitrogens with zero attached hydrogens (tertiary/aromatic N) is 1. The summed E-state index contributed by atoms with van der Waals surface area (Å²) in [5.74, 6) is -1.25. The number of amides is 3. The van der Waals surface area contributed by atoms with Crippen LogP contribution < -0.4 is 16.0 Å². The Hall–Kier alpha value is -3.83. The first kappa shape index (κ1) is 34.5. The molecule has 5 rings (SSSR count). The van der Waals surface area contributed by atoms with Crippen LogP contribution in [0, 0.1) is 0 Å². The fourth-order valence-electron chi connectivity index (χ4n) is 4.13. The van der Waals surface area contributed by atoms with Crippen LogP contribution in [-0.2, 0) is 9.59 Å². The number of thioether (sulfide) groups is 1. The molecule has 3 N–H and O–H groups in total. The van der Waals surface area contributed by atoms with Gasteiger partial charge in [0.2, 0.25) is 5.91 Å². The van der Waals surface area contributed by atoms with Crippen molar-refractivity contribution >= 4 is 104 Å². The van der Waals surface area contributed by atoms with Crippen molar-refractivity contribution in [3.8, 4) is 11.3 Å². The van der Waals surface area contributed by atoms with Gasteiger partial charge in [-0.1, -0.05) is 82.8 Å². The van der Waals surface area contributed by atoms with Crippen LogP contribution in [0.15, 0.2) is 107 Å². The van der Waals surface area contributed by atoms with Gasteiger partial charge in [0.1, 0.15) is 5.70 Å². The fraction of sp³-hybridized carbons (Fsp3) is 0.0588. The summed E-state index contributed by atoms with van der Waals surface area (Å²) in [5.41, 5.74) is 2.75. The smallest absolute Gasteiger partial charge is 0.272 e. The van der Waals surface area contributed by atoms with Gasteiger partial charge in [0, 0.05) is 27.1 Å². The summed E-state index contributed by atoms with van der Waals surface area (Å²) >= 11 is 27.3. The van der Waals surface area contributed by atoms with Gasteiger partial charge >= 0.3 is 0 Å². The lowest BCUT2D eigenvalue weighted by atomic mass is 10.1. The topological polar surface area (TPSA) is 100 Å². The van der Waals surface area contributed by atoms with E-state index >= 15 is 0 Å². The standard InChI is InChI=1S/C34H24Cl4N4O3S2/c1-19(31(43)42-34-41-29(18-46-34)21-10-15-25(35)27(37)16-21)47-24-13-11-23(12-14-24)39-33(45)28(17-22-8-5-9-26(36)30(22)38)40-32(44)20-6-3-2-4-7-20/h2-19H,1H3,(H,39,45)(H,40,44)(H,41,42,43)/b28-17-. The minimum absolute atomic E-state index is 0.0312. The Morgan fingerprint density at radius 3 is 2.30 bits per heavy atom. The number of nitrogens with one attached hydrogen (secondary N) is 3. The van der Waals surface area contributed by atoms with Crippen LogP contribution in [0.1, 0.15) is 22.8 Å². The second-order valence-electron chi connectivity index (χ2n) is 9.92. The van der Waals surface area contributed by atoms with Gasteiger partial charge < -0.3 is 16.0 Å². The van der Waals surface area contributed by atoms with Gasteiger partial charge in [0.15, 0.2) is 5.13 Å². The fourth-order valence-corrected chi connectivity index (χ4v) is 6.38. The predicted molar refractivity (Wildman–Crippen MR) is 195 cm³/mol. The van der Waals surface area contributed by atoms with Crippen molar-refractivity contribution in [2.45, 2.75) is 17.1 Å². The van der Waals surface area contributed by atoms with Crippen LogP contribution in [0.3, 0.4) is 0 Å². The van der Waals surface area contributed by atoms with Gasteiger partial charge in [-0.25, -0.2) is 4.98 Å². The zero-order valence-corrected chi connectivity index (χ0v) is 29.0. The van der Waals surface area contributed by atoms with Crippen molar-refractivity contribution in [2.24, 2.45) is 0 Å². The summed E-state index contributed by atoms with van der Waals surface area (Å²) in [6, 6.07) is 25.7. The van der Waals surface area contributed by atoms with Crippen LogP contribution in [0.5, 0.6) is 0 Å². The number of thiazole rings is 1. The summed E-state index contributed by atoms with van der Waals surface area (Å²) in [5, 5.41) is 11.6. The lowest BCUT2D eigenvalue weighted by Gasteiger charge is -2.13. The zero-order chi connectivity index (χ0) is 33.5. The Kier molecular flexibility index (Phi) is 11.6. The monoisotopic (exact) mass is 740 g/mol. The number of halogens is 4. The molecular weight excluding hydrogens is 718 g/mol. The molecule has 13 heteroatoms. The maximum absolute atomic E-state index is 13.4. The van der Waals surface area contributed by atoms with Crippen molar-refractivity contribution in [1.82, 2.24) is 10.3 Å². The van der Waals surface area contributed by atoms with Gasteiger partial charge in [-0.05, 0) is 73.2 Å². The van der Waals surface area contributed by atoms with Crippen LogP contribution in [0.2, 0.25) is 20.1 Å². The van der Waals surface area contributed by atoms with Crippen molar-refractivity contribution in [3.05, 3.63) is 133 Å². The number of carbonyl (C=O) groups excluding carboxylic acids is 3. The first-order valence-corrected chi connectivity index (χ1v) is 17.2. The maximum Gasteiger partial charge on any atom is 0.272 e. The molecule has 47 heavy (non-hydrogen) atoms. The molecule has 1 unspecified atom stereocenters. The molecule has 7 nitrogen and oxygen atoms in total. The molecule has 0 aliphatic carbocycles. The van der Waals surface area contributed by atoms with Crippen molar-refractivity contribution < 1.29 is 14.4 Å². The summed E-state index contributed by atoms with van der Waals surface area (Å²) in [6.45, 7) is 1.79. The zero-order valence-electron chi connectivity index (χ0n) is 24.4. The van der Waals surface area contributed by atoms with E-state index in [9.17, 15) is 14.4 Å². The van der Waals surface area contributed by atoms with E-state index in [1.54, 1.807) is 91.9 Å². The molecule has 0 radical (unpaired) electrons. The van der Waals surface area contributed by atoms with E-state index in [0.29, 0.717) is 42.7 Å². The number of benzene rings is 4. The maximum atomic E-state index is 13.4. The van der Waals surface area contributed by atoms with E-state index in [1.807, 2.05) is 11.4 Å². The summed E-state index contributed by atoms with van der Waals surface area (Å²) in [6.07, 6.45) is 1.46. The highest BCUT2D eigenvalue weighted by atomic mass is 35.5. The molecule has 5 aromatic rings. The van der Waals surface area contributed by atoms with E-state index in [0.717, 1.165) is 10.5 Å². The molecule has 1 heterocycles. The van der Waals surface area contributed by atoms with E-state index in [4.69, 9.17) is 46.4 Å². The molecule has 238 valence electrons. The summed E-state index contributed by atoms with van der Waals surface area (Å²) < 4.78 is 0. The Bertz CT molecular complexity index is 1970. The van der Waals surface area contributed by atoms with Crippen molar-refractivity contribution in [1.29, 1.82) is 0 Å². The largest absolute Gasteiger partial charge is 0.321 e.